The van der Waals surface area contributed by atoms with E-state index >= 15 is 0 Å². The molecular weight excluding hydrogens is 351 g/mol. The molecule has 0 fully saturated rings. The predicted molar refractivity (Wildman–Crippen MR) is 92.0 cm³/mol. The molecule has 0 aliphatic rings. The van der Waals surface area contributed by atoms with E-state index in [1.807, 2.05) is 0 Å². The molecule has 0 saturated heterocycles. The van der Waals surface area contributed by atoms with Crippen molar-refractivity contribution >= 4 is 32.9 Å². The molecule has 4 heteroatoms. The van der Waals surface area contributed by atoms with Crippen LogP contribution in [0.2, 0.25) is 39.3 Å². The Kier molecular flexibility index (Phi) is 5.81. The van der Waals surface area contributed by atoms with E-state index in [4.69, 9.17) is 0 Å². The topological polar surface area (TPSA) is 3.24 Å². The van der Waals surface area contributed by atoms with Crippen LogP contribution in [-0.4, -0.2) is 16.5 Å². The summed E-state index contributed by atoms with van der Waals surface area (Å²) in [5.41, 5.74) is 1.41. The first-order chi connectivity index (χ1) is 8.71. The van der Waals surface area contributed by atoms with Crippen molar-refractivity contribution in [2.45, 2.75) is 39.3 Å². The molecule has 1 radical (unpaired) electrons. The van der Waals surface area contributed by atoms with E-state index in [9.17, 15) is 0 Å². The number of hydrogen-bond acceptors (Lipinski definition) is 1. The fourth-order valence-corrected chi connectivity index (χ4v) is 12.9. The zero-order valence-corrected chi connectivity index (χ0v) is 18.3. The second-order valence-corrected chi connectivity index (χ2v) is 17.1. The average molecular weight is 375 g/mol. The van der Waals surface area contributed by atoms with Gasteiger partial charge in [0.2, 0.25) is 0 Å². The van der Waals surface area contributed by atoms with Gasteiger partial charge in [0.25, 0.3) is 0 Å². The molecule has 0 aliphatic heterocycles. The summed E-state index contributed by atoms with van der Waals surface area (Å²) < 4.78 is 2.77. The van der Waals surface area contributed by atoms with Gasteiger partial charge in [-0.1, -0.05) is 62.5 Å². The number of rotatable bonds is 3. The van der Waals surface area contributed by atoms with Crippen LogP contribution in [0.5, 0.6) is 0 Å². The summed E-state index contributed by atoms with van der Waals surface area (Å²) in [6.45, 7) is 14.6. The molecule has 0 heterocycles. The molecule has 0 bridgehead atoms. The van der Waals surface area contributed by atoms with E-state index in [2.05, 4.69) is 86.0 Å². The minimum atomic E-state index is -1.40. The molecule has 0 unspecified atom stereocenters. The summed E-state index contributed by atoms with van der Waals surface area (Å²) in [4.78, 5) is 0. The van der Waals surface area contributed by atoms with Gasteiger partial charge in [-0.3, -0.25) is 0 Å². The quantitative estimate of drug-likeness (QED) is 0.532. The number of benzene rings is 2. The molecule has 0 spiro atoms. The summed E-state index contributed by atoms with van der Waals surface area (Å²) in [6, 6.07) is 16.3. The van der Waals surface area contributed by atoms with E-state index in [-0.39, 0.29) is 32.7 Å². The van der Waals surface area contributed by atoms with Crippen LogP contribution in [0, 0.1) is 6.07 Å². The number of nitrogens with zero attached hydrogens (tertiary/aromatic N) is 1. The Labute approximate surface area is 150 Å². The van der Waals surface area contributed by atoms with E-state index in [0.717, 1.165) is 0 Å². The number of fused-ring (bicyclic) bond motifs is 1. The van der Waals surface area contributed by atoms with Crippen LogP contribution in [0.1, 0.15) is 0 Å². The molecular formula is C16H24NSi2Y-. The Morgan fingerprint density at radius 1 is 0.850 bits per heavy atom. The van der Waals surface area contributed by atoms with Crippen molar-refractivity contribution in [1.82, 2.24) is 0 Å². The zero-order valence-electron chi connectivity index (χ0n) is 13.5. The van der Waals surface area contributed by atoms with Crippen molar-refractivity contribution in [2.75, 3.05) is 4.23 Å². The van der Waals surface area contributed by atoms with Gasteiger partial charge in [-0.2, -0.15) is 0 Å². The smallest absolute Gasteiger partial charge is 0.137 e. The van der Waals surface area contributed by atoms with E-state index in [1.165, 1.54) is 16.5 Å². The molecule has 0 N–H and O–H groups in total. The van der Waals surface area contributed by atoms with Crippen LogP contribution in [-0.2, 0) is 32.7 Å². The first kappa shape index (κ1) is 18.1. The van der Waals surface area contributed by atoms with Gasteiger partial charge in [0.05, 0.1) is 0 Å². The maximum atomic E-state index is 3.35. The van der Waals surface area contributed by atoms with E-state index < -0.39 is 16.5 Å². The molecule has 0 aromatic heterocycles. The van der Waals surface area contributed by atoms with Gasteiger partial charge < -0.3 is 4.23 Å². The van der Waals surface area contributed by atoms with Gasteiger partial charge >= 0.3 is 0 Å². The van der Waals surface area contributed by atoms with E-state index in [1.54, 1.807) is 0 Å². The fourth-order valence-electron chi connectivity index (χ4n) is 3.06. The van der Waals surface area contributed by atoms with Gasteiger partial charge in [-0.15, -0.1) is 35.7 Å². The Morgan fingerprint density at radius 2 is 1.40 bits per heavy atom. The zero-order chi connectivity index (χ0) is 14.3. The number of anilines is 1. The fraction of sp³-hybridized carbons (Fsp3) is 0.375. The first-order valence-corrected chi connectivity index (χ1v) is 13.8. The molecule has 0 atom stereocenters. The molecule has 2 aromatic rings. The van der Waals surface area contributed by atoms with Crippen molar-refractivity contribution in [1.29, 1.82) is 0 Å². The predicted octanol–water partition coefficient (Wildman–Crippen LogP) is 5.11. The molecule has 20 heavy (non-hydrogen) atoms. The van der Waals surface area contributed by atoms with Crippen molar-refractivity contribution in [3.63, 3.8) is 0 Å². The molecule has 0 amide bonds. The summed E-state index contributed by atoms with van der Waals surface area (Å²) >= 11 is 0. The normalized spacial score (nSPS) is 12.1. The molecule has 0 saturated carbocycles. The third-order valence-corrected chi connectivity index (χ3v) is 10.5. The van der Waals surface area contributed by atoms with Crippen LogP contribution in [0.15, 0.2) is 36.4 Å². The van der Waals surface area contributed by atoms with Crippen molar-refractivity contribution in [2.24, 2.45) is 0 Å². The third-order valence-electron chi connectivity index (χ3n) is 3.27. The maximum Gasteiger partial charge on any atom is 0.137 e. The number of hydrogen-bond donors (Lipinski definition) is 0. The second kappa shape index (κ2) is 6.43. The molecule has 0 aliphatic carbocycles. The summed E-state index contributed by atoms with van der Waals surface area (Å²) in [6.07, 6.45) is 0. The maximum absolute atomic E-state index is 3.35. The molecule has 2 aromatic carbocycles. The average Bonchev–Trinajstić information content (AvgIpc) is 2.25. The van der Waals surface area contributed by atoms with Gasteiger partial charge in [-0.25, -0.2) is 0 Å². The monoisotopic (exact) mass is 375 g/mol. The van der Waals surface area contributed by atoms with Crippen LogP contribution < -0.4 is 4.23 Å². The van der Waals surface area contributed by atoms with Gasteiger partial charge in [0.1, 0.15) is 16.5 Å². The van der Waals surface area contributed by atoms with Crippen molar-refractivity contribution < 1.29 is 32.7 Å². The van der Waals surface area contributed by atoms with E-state index in [0.29, 0.717) is 0 Å². The van der Waals surface area contributed by atoms with Crippen LogP contribution in [0.3, 0.4) is 0 Å². The second-order valence-electron chi connectivity index (χ2n) is 7.09. The van der Waals surface area contributed by atoms with Crippen LogP contribution in [0.25, 0.3) is 10.8 Å². The molecule has 2 rings (SSSR count). The summed E-state index contributed by atoms with van der Waals surface area (Å²) in [7, 11) is -2.80. The van der Waals surface area contributed by atoms with Crippen molar-refractivity contribution in [3.8, 4) is 0 Å². The van der Waals surface area contributed by atoms with Gasteiger partial charge in [-0.05, 0) is 0 Å². The summed E-state index contributed by atoms with van der Waals surface area (Å²) in [5.74, 6) is 0. The Balaban J connectivity index is 0.00000200. The van der Waals surface area contributed by atoms with Gasteiger partial charge in [0.15, 0.2) is 0 Å². The van der Waals surface area contributed by atoms with Crippen molar-refractivity contribution in [3.05, 3.63) is 42.5 Å². The largest absolute Gasteiger partial charge is 0.439 e. The first-order valence-electron chi connectivity index (χ1n) is 6.91. The van der Waals surface area contributed by atoms with Gasteiger partial charge in [0, 0.05) is 32.7 Å². The minimum absolute atomic E-state index is 0. The minimum Gasteiger partial charge on any atom is -0.439 e. The summed E-state index contributed by atoms with van der Waals surface area (Å²) in [5, 5.41) is 2.57. The Morgan fingerprint density at radius 3 is 1.95 bits per heavy atom. The van der Waals surface area contributed by atoms with Crippen LogP contribution in [0.4, 0.5) is 5.69 Å². The Hall–Kier alpha value is 0.0377. The molecule has 1 nitrogen and oxygen atoms in total. The third kappa shape index (κ3) is 3.82. The standard InChI is InChI=1S/C16H24NSi2.Y/c1-18(2,3)17(19(4,5)6)16-13-9-11-14-10-7-8-12-15(14)16;/h7-10,12-13H,1-6H3;/q-1;. The Bertz CT molecular complexity index is 566. The van der Waals surface area contributed by atoms with Crippen LogP contribution >= 0.6 is 0 Å². The molecule has 105 valence electrons. The SMILES string of the molecule is C[Si](C)(C)N(c1cc[c-]c2ccccc12)[Si](C)(C)C.[Y].